The quantitative estimate of drug-likeness (QED) is 0.770. The van der Waals surface area contributed by atoms with E-state index in [9.17, 15) is 4.79 Å². The van der Waals surface area contributed by atoms with Crippen LogP contribution < -0.4 is 0 Å². The van der Waals surface area contributed by atoms with Crippen molar-refractivity contribution in [3.63, 3.8) is 0 Å². The van der Waals surface area contributed by atoms with E-state index in [4.69, 9.17) is 0 Å². The first kappa shape index (κ1) is 12.9. The number of carbonyl (C=O) groups is 1. The second-order valence-electron chi connectivity index (χ2n) is 5.98. The number of rotatable bonds is 3. The van der Waals surface area contributed by atoms with Crippen LogP contribution in [0.25, 0.3) is 10.1 Å². The normalized spacial score (nSPS) is 18.6. The number of benzene rings is 1. The molecule has 0 amide bonds. The van der Waals surface area contributed by atoms with E-state index >= 15 is 0 Å². The maximum Gasteiger partial charge on any atom is 0.143 e. The molecule has 1 fully saturated rings. The summed E-state index contributed by atoms with van der Waals surface area (Å²) in [6, 6.07) is 8.40. The van der Waals surface area contributed by atoms with Crippen molar-refractivity contribution in [2.45, 2.75) is 45.4 Å². The highest BCUT2D eigenvalue weighted by atomic mass is 32.1. The molecule has 0 spiro atoms. The number of ketones is 1. The van der Waals surface area contributed by atoms with Gasteiger partial charge in [0, 0.05) is 16.5 Å². The summed E-state index contributed by atoms with van der Waals surface area (Å²) in [6.07, 6.45) is 6.49. The van der Waals surface area contributed by atoms with Gasteiger partial charge < -0.3 is 0 Å². The maximum absolute atomic E-state index is 12.6. The lowest BCUT2D eigenvalue weighted by atomic mass is 9.71. The topological polar surface area (TPSA) is 17.1 Å². The van der Waals surface area contributed by atoms with E-state index in [0.717, 1.165) is 12.8 Å². The molecule has 1 aliphatic carbocycles. The molecule has 19 heavy (non-hydrogen) atoms. The molecule has 100 valence electrons. The fraction of sp³-hybridized carbons (Fsp3) is 0.471. The molecule has 0 saturated heterocycles. The van der Waals surface area contributed by atoms with Crippen molar-refractivity contribution in [1.29, 1.82) is 0 Å². The van der Waals surface area contributed by atoms with Crippen LogP contribution in [-0.4, -0.2) is 5.78 Å². The number of thiophene rings is 1. The highest BCUT2D eigenvalue weighted by Gasteiger charge is 2.34. The minimum absolute atomic E-state index is 0.0682. The van der Waals surface area contributed by atoms with E-state index in [1.807, 2.05) is 0 Å². The predicted molar refractivity (Wildman–Crippen MR) is 81.7 cm³/mol. The SMILES string of the molecule is CC1(C(=O)Cc2csc3ccccc23)CCCCC1. The highest BCUT2D eigenvalue weighted by molar-refractivity contribution is 7.17. The Morgan fingerprint density at radius 2 is 1.95 bits per heavy atom. The molecule has 1 saturated carbocycles. The zero-order valence-electron chi connectivity index (χ0n) is 11.4. The molecule has 0 radical (unpaired) electrons. The summed E-state index contributed by atoms with van der Waals surface area (Å²) in [5, 5.41) is 3.43. The van der Waals surface area contributed by atoms with Gasteiger partial charge in [0.15, 0.2) is 0 Å². The number of fused-ring (bicyclic) bond motifs is 1. The third-order valence-corrected chi connectivity index (χ3v) is 5.55. The second-order valence-corrected chi connectivity index (χ2v) is 6.89. The van der Waals surface area contributed by atoms with Gasteiger partial charge in [-0.3, -0.25) is 4.79 Å². The lowest BCUT2D eigenvalue weighted by Gasteiger charge is -2.32. The Bertz CT molecular complexity index is 590. The van der Waals surface area contributed by atoms with Gasteiger partial charge in [0.25, 0.3) is 0 Å². The monoisotopic (exact) mass is 272 g/mol. The summed E-state index contributed by atoms with van der Waals surface area (Å²) >= 11 is 1.75. The predicted octanol–water partition coefficient (Wildman–Crippen LogP) is 4.98. The van der Waals surface area contributed by atoms with Crippen LogP contribution in [0.3, 0.4) is 0 Å². The number of carbonyl (C=O) groups excluding carboxylic acids is 1. The van der Waals surface area contributed by atoms with Crippen molar-refractivity contribution in [2.24, 2.45) is 5.41 Å². The van der Waals surface area contributed by atoms with Crippen LogP contribution in [0.5, 0.6) is 0 Å². The second kappa shape index (κ2) is 5.09. The van der Waals surface area contributed by atoms with E-state index in [1.165, 1.54) is 34.9 Å². The third-order valence-electron chi connectivity index (χ3n) is 4.54. The number of hydrogen-bond acceptors (Lipinski definition) is 2. The van der Waals surface area contributed by atoms with Gasteiger partial charge in [0.05, 0.1) is 0 Å². The van der Waals surface area contributed by atoms with Gasteiger partial charge in [-0.15, -0.1) is 11.3 Å². The molecule has 2 heteroatoms. The first-order valence-electron chi connectivity index (χ1n) is 7.17. The smallest absolute Gasteiger partial charge is 0.143 e. The third kappa shape index (κ3) is 2.46. The largest absolute Gasteiger partial charge is 0.299 e. The molecule has 3 rings (SSSR count). The van der Waals surface area contributed by atoms with Crippen molar-refractivity contribution >= 4 is 27.2 Å². The Hall–Kier alpha value is -1.15. The van der Waals surface area contributed by atoms with E-state index in [1.54, 1.807) is 11.3 Å². The Labute approximate surface area is 118 Å². The van der Waals surface area contributed by atoms with Gasteiger partial charge >= 0.3 is 0 Å². The summed E-state index contributed by atoms with van der Waals surface area (Å²) < 4.78 is 1.29. The lowest BCUT2D eigenvalue weighted by molar-refractivity contribution is -0.128. The van der Waals surface area contributed by atoms with E-state index in [-0.39, 0.29) is 5.41 Å². The van der Waals surface area contributed by atoms with Crippen LogP contribution in [0, 0.1) is 5.41 Å². The molecule has 0 atom stereocenters. The van der Waals surface area contributed by atoms with Gasteiger partial charge in [-0.2, -0.15) is 0 Å². The molecule has 0 aliphatic heterocycles. The first-order valence-corrected chi connectivity index (χ1v) is 8.05. The molecule has 1 aromatic heterocycles. The van der Waals surface area contributed by atoms with Gasteiger partial charge in [-0.1, -0.05) is 44.4 Å². The van der Waals surface area contributed by atoms with Gasteiger partial charge in [-0.25, -0.2) is 0 Å². The minimum atomic E-state index is -0.0682. The molecular formula is C17H20OS. The molecule has 2 aromatic rings. The molecule has 1 heterocycles. The van der Waals surface area contributed by atoms with Crippen LogP contribution in [-0.2, 0) is 11.2 Å². The Morgan fingerprint density at radius 1 is 1.21 bits per heavy atom. The van der Waals surface area contributed by atoms with Crippen molar-refractivity contribution in [2.75, 3.05) is 0 Å². The fourth-order valence-electron chi connectivity index (χ4n) is 3.17. The highest BCUT2D eigenvalue weighted by Crippen LogP contribution is 2.38. The Kier molecular flexibility index (Phi) is 3.44. The molecule has 0 N–H and O–H groups in total. The summed E-state index contributed by atoms with van der Waals surface area (Å²) in [4.78, 5) is 12.6. The maximum atomic E-state index is 12.6. The molecule has 0 bridgehead atoms. The molecular weight excluding hydrogens is 252 g/mol. The molecule has 1 nitrogen and oxygen atoms in total. The fourth-order valence-corrected chi connectivity index (χ4v) is 4.13. The van der Waals surface area contributed by atoms with Crippen molar-refractivity contribution < 1.29 is 4.79 Å². The van der Waals surface area contributed by atoms with Crippen LogP contribution in [0.15, 0.2) is 29.6 Å². The minimum Gasteiger partial charge on any atom is -0.299 e. The van der Waals surface area contributed by atoms with Crippen molar-refractivity contribution in [1.82, 2.24) is 0 Å². The zero-order valence-corrected chi connectivity index (χ0v) is 12.3. The van der Waals surface area contributed by atoms with Gasteiger partial charge in [0.2, 0.25) is 0 Å². The molecule has 1 aliphatic rings. The summed E-state index contributed by atoms with van der Waals surface area (Å²) in [6.45, 7) is 2.17. The summed E-state index contributed by atoms with van der Waals surface area (Å²) in [5.74, 6) is 0.441. The van der Waals surface area contributed by atoms with E-state index in [2.05, 4.69) is 36.6 Å². The first-order chi connectivity index (χ1) is 9.19. The number of Topliss-reactive ketones (excluding diaryl/α,β-unsaturated/α-hetero) is 1. The van der Waals surface area contributed by atoms with Crippen LogP contribution >= 0.6 is 11.3 Å². The van der Waals surface area contributed by atoms with Crippen LogP contribution in [0.4, 0.5) is 0 Å². The average Bonchev–Trinajstić information content (AvgIpc) is 2.83. The molecule has 1 aromatic carbocycles. The Balaban J connectivity index is 1.82. The van der Waals surface area contributed by atoms with Gasteiger partial charge in [0.1, 0.15) is 5.78 Å². The standard InChI is InChI=1S/C17H20OS/c1-17(9-5-2-6-10-17)16(18)11-13-12-19-15-8-4-3-7-14(13)15/h3-4,7-8,12H,2,5-6,9-11H2,1H3. The average molecular weight is 272 g/mol. The van der Waals surface area contributed by atoms with E-state index < -0.39 is 0 Å². The molecule has 0 unspecified atom stereocenters. The lowest BCUT2D eigenvalue weighted by Crippen LogP contribution is -2.31. The zero-order chi connectivity index (χ0) is 13.3. The van der Waals surface area contributed by atoms with Crippen molar-refractivity contribution in [3.8, 4) is 0 Å². The summed E-state index contributed by atoms with van der Waals surface area (Å²) in [7, 11) is 0. The van der Waals surface area contributed by atoms with Crippen LogP contribution in [0.1, 0.15) is 44.6 Å². The number of hydrogen-bond donors (Lipinski definition) is 0. The Morgan fingerprint density at radius 3 is 2.74 bits per heavy atom. The van der Waals surface area contributed by atoms with Crippen LogP contribution in [0.2, 0.25) is 0 Å². The summed E-state index contributed by atoms with van der Waals surface area (Å²) in [5.41, 5.74) is 1.15. The van der Waals surface area contributed by atoms with E-state index in [0.29, 0.717) is 12.2 Å². The van der Waals surface area contributed by atoms with Crippen molar-refractivity contribution in [3.05, 3.63) is 35.2 Å². The van der Waals surface area contributed by atoms with Gasteiger partial charge in [-0.05, 0) is 35.2 Å².